The zero-order chi connectivity index (χ0) is 12.1. The van der Waals surface area contributed by atoms with E-state index in [0.717, 1.165) is 29.9 Å². The van der Waals surface area contributed by atoms with Crippen molar-refractivity contribution < 1.29 is 4.39 Å². The number of benzene rings is 1. The molecule has 1 aromatic heterocycles. The van der Waals surface area contributed by atoms with Gasteiger partial charge in [-0.2, -0.15) is 5.10 Å². The highest BCUT2D eigenvalue weighted by molar-refractivity contribution is 5.18. The second-order valence-corrected chi connectivity index (χ2v) is 4.04. The van der Waals surface area contributed by atoms with Gasteiger partial charge in [0.25, 0.3) is 0 Å². The van der Waals surface area contributed by atoms with Gasteiger partial charge in [0, 0.05) is 17.8 Å². The first-order valence-corrected chi connectivity index (χ1v) is 5.70. The predicted octanol–water partition coefficient (Wildman–Crippen LogP) is 2.19. The fourth-order valence-corrected chi connectivity index (χ4v) is 1.70. The van der Waals surface area contributed by atoms with Gasteiger partial charge in [-0.3, -0.25) is 5.10 Å². The molecule has 2 N–H and O–H groups in total. The van der Waals surface area contributed by atoms with E-state index >= 15 is 0 Å². The molecule has 0 spiro atoms. The van der Waals surface area contributed by atoms with E-state index in [1.165, 1.54) is 6.07 Å². The van der Waals surface area contributed by atoms with Crippen molar-refractivity contribution in [2.75, 3.05) is 6.54 Å². The molecule has 0 atom stereocenters. The van der Waals surface area contributed by atoms with E-state index in [2.05, 4.69) is 15.5 Å². The monoisotopic (exact) mass is 233 g/mol. The molecule has 0 amide bonds. The number of rotatable bonds is 5. The Morgan fingerprint density at radius 2 is 2.12 bits per heavy atom. The molecule has 1 heterocycles. The van der Waals surface area contributed by atoms with Gasteiger partial charge in [-0.05, 0) is 31.5 Å². The Morgan fingerprint density at radius 3 is 2.82 bits per heavy atom. The molecular weight excluding hydrogens is 217 g/mol. The summed E-state index contributed by atoms with van der Waals surface area (Å²) in [6.45, 7) is 3.50. The molecule has 0 bridgehead atoms. The van der Waals surface area contributed by atoms with Crippen molar-refractivity contribution >= 4 is 0 Å². The van der Waals surface area contributed by atoms with E-state index in [9.17, 15) is 4.39 Å². The third kappa shape index (κ3) is 3.14. The molecular formula is C13H16FN3. The van der Waals surface area contributed by atoms with Crippen LogP contribution in [0.3, 0.4) is 0 Å². The molecule has 0 saturated carbocycles. The Balaban J connectivity index is 1.77. The number of aromatic amines is 1. The maximum Gasteiger partial charge on any atom is 0.126 e. The molecule has 0 saturated heterocycles. The molecule has 3 nitrogen and oxygen atoms in total. The Bertz CT molecular complexity index is 479. The van der Waals surface area contributed by atoms with Crippen molar-refractivity contribution in [2.24, 2.45) is 0 Å². The van der Waals surface area contributed by atoms with Gasteiger partial charge in [-0.25, -0.2) is 4.39 Å². The van der Waals surface area contributed by atoms with Crippen LogP contribution in [0.2, 0.25) is 0 Å². The minimum atomic E-state index is -0.131. The van der Waals surface area contributed by atoms with E-state index < -0.39 is 0 Å². The van der Waals surface area contributed by atoms with E-state index in [-0.39, 0.29) is 5.82 Å². The van der Waals surface area contributed by atoms with Crippen molar-refractivity contribution in [1.29, 1.82) is 0 Å². The summed E-state index contributed by atoms with van der Waals surface area (Å²) in [5, 5.41) is 10.1. The molecule has 1 aromatic carbocycles. The van der Waals surface area contributed by atoms with Crippen LogP contribution in [0.15, 0.2) is 30.5 Å². The minimum Gasteiger partial charge on any atom is -0.312 e. The highest BCUT2D eigenvalue weighted by Crippen LogP contribution is 2.06. The normalized spacial score (nSPS) is 10.7. The smallest absolute Gasteiger partial charge is 0.126 e. The lowest BCUT2D eigenvalue weighted by molar-refractivity contribution is 0.597. The number of hydrogen-bond donors (Lipinski definition) is 2. The largest absolute Gasteiger partial charge is 0.312 e. The van der Waals surface area contributed by atoms with Gasteiger partial charge in [-0.1, -0.05) is 18.2 Å². The van der Waals surface area contributed by atoms with Crippen LogP contribution >= 0.6 is 0 Å². The van der Waals surface area contributed by atoms with Crippen LogP contribution in [0.1, 0.15) is 16.8 Å². The molecule has 0 aliphatic rings. The van der Waals surface area contributed by atoms with Gasteiger partial charge in [0.05, 0.1) is 6.20 Å². The summed E-state index contributed by atoms with van der Waals surface area (Å²) < 4.78 is 13.3. The molecule has 0 aliphatic heterocycles. The molecule has 0 aliphatic carbocycles. The summed E-state index contributed by atoms with van der Waals surface area (Å²) in [5.74, 6) is -0.131. The quantitative estimate of drug-likeness (QED) is 0.777. The van der Waals surface area contributed by atoms with Gasteiger partial charge >= 0.3 is 0 Å². The molecule has 0 fully saturated rings. The summed E-state index contributed by atoms with van der Waals surface area (Å²) in [5.41, 5.74) is 2.98. The van der Waals surface area contributed by atoms with Crippen molar-refractivity contribution in [3.63, 3.8) is 0 Å². The summed E-state index contributed by atoms with van der Waals surface area (Å²) in [6.07, 6.45) is 2.51. The molecule has 90 valence electrons. The zero-order valence-corrected chi connectivity index (χ0v) is 9.83. The van der Waals surface area contributed by atoms with Crippen LogP contribution in [-0.4, -0.2) is 16.7 Å². The number of hydrogen-bond acceptors (Lipinski definition) is 2. The van der Waals surface area contributed by atoms with Crippen molar-refractivity contribution in [2.45, 2.75) is 19.9 Å². The Morgan fingerprint density at radius 1 is 1.29 bits per heavy atom. The molecule has 17 heavy (non-hydrogen) atoms. The first-order valence-electron chi connectivity index (χ1n) is 5.70. The van der Waals surface area contributed by atoms with E-state index in [0.29, 0.717) is 6.42 Å². The number of aryl methyl sites for hydroxylation is 1. The second-order valence-electron chi connectivity index (χ2n) is 4.04. The van der Waals surface area contributed by atoms with Crippen LogP contribution in [0, 0.1) is 12.7 Å². The number of aromatic nitrogens is 2. The molecule has 4 heteroatoms. The molecule has 2 rings (SSSR count). The molecule has 0 radical (unpaired) electrons. The fourth-order valence-electron chi connectivity index (χ4n) is 1.70. The maximum atomic E-state index is 13.3. The highest BCUT2D eigenvalue weighted by Gasteiger charge is 2.01. The SMILES string of the molecule is Cc1[nH]ncc1CNCCc1ccccc1F. The zero-order valence-electron chi connectivity index (χ0n) is 9.83. The average molecular weight is 233 g/mol. The summed E-state index contributed by atoms with van der Waals surface area (Å²) in [6, 6.07) is 6.88. The number of H-pyrrole nitrogens is 1. The number of nitrogens with one attached hydrogen (secondary N) is 2. The Hall–Kier alpha value is -1.68. The van der Waals surface area contributed by atoms with E-state index in [1.807, 2.05) is 25.3 Å². The van der Waals surface area contributed by atoms with Gasteiger partial charge in [0.1, 0.15) is 5.82 Å². The Labute approximate surface area is 100 Å². The van der Waals surface area contributed by atoms with E-state index in [1.54, 1.807) is 6.07 Å². The number of nitrogens with zero attached hydrogens (tertiary/aromatic N) is 1. The van der Waals surface area contributed by atoms with Crippen LogP contribution in [0.5, 0.6) is 0 Å². The van der Waals surface area contributed by atoms with Gasteiger partial charge in [0.2, 0.25) is 0 Å². The van der Waals surface area contributed by atoms with Crippen LogP contribution in [0.4, 0.5) is 4.39 Å². The third-order valence-electron chi connectivity index (χ3n) is 2.78. The van der Waals surface area contributed by atoms with E-state index in [4.69, 9.17) is 0 Å². The lowest BCUT2D eigenvalue weighted by Crippen LogP contribution is -2.17. The topological polar surface area (TPSA) is 40.7 Å². The molecule has 2 aromatic rings. The van der Waals surface area contributed by atoms with Crippen molar-refractivity contribution in [3.8, 4) is 0 Å². The number of halogens is 1. The maximum absolute atomic E-state index is 13.3. The fraction of sp³-hybridized carbons (Fsp3) is 0.308. The first kappa shape index (κ1) is 11.8. The first-order chi connectivity index (χ1) is 8.27. The predicted molar refractivity (Wildman–Crippen MR) is 65.1 cm³/mol. The van der Waals surface area contributed by atoms with Crippen LogP contribution in [0.25, 0.3) is 0 Å². The van der Waals surface area contributed by atoms with Crippen LogP contribution < -0.4 is 5.32 Å². The highest BCUT2D eigenvalue weighted by atomic mass is 19.1. The summed E-state index contributed by atoms with van der Waals surface area (Å²) >= 11 is 0. The summed E-state index contributed by atoms with van der Waals surface area (Å²) in [4.78, 5) is 0. The van der Waals surface area contributed by atoms with Gasteiger partial charge in [-0.15, -0.1) is 0 Å². The van der Waals surface area contributed by atoms with Gasteiger partial charge in [0.15, 0.2) is 0 Å². The standard InChI is InChI=1S/C13H16FN3/c1-10-12(9-16-17-10)8-15-7-6-11-4-2-3-5-13(11)14/h2-5,9,15H,6-8H2,1H3,(H,16,17). The third-order valence-corrected chi connectivity index (χ3v) is 2.78. The lowest BCUT2D eigenvalue weighted by Gasteiger charge is -2.05. The Kier molecular flexibility index (Phi) is 3.88. The molecule has 0 unspecified atom stereocenters. The lowest BCUT2D eigenvalue weighted by atomic mass is 10.1. The van der Waals surface area contributed by atoms with Crippen molar-refractivity contribution in [3.05, 3.63) is 53.1 Å². The van der Waals surface area contributed by atoms with Crippen LogP contribution in [-0.2, 0) is 13.0 Å². The second kappa shape index (κ2) is 5.59. The summed E-state index contributed by atoms with van der Waals surface area (Å²) in [7, 11) is 0. The average Bonchev–Trinajstić information content (AvgIpc) is 2.73. The van der Waals surface area contributed by atoms with Crippen molar-refractivity contribution in [1.82, 2.24) is 15.5 Å². The van der Waals surface area contributed by atoms with Gasteiger partial charge < -0.3 is 5.32 Å². The minimum absolute atomic E-state index is 0.131.